The molecule has 0 bridgehead atoms. The van der Waals surface area contributed by atoms with E-state index in [-0.39, 0.29) is 18.1 Å². The number of rotatable bonds is 5. The minimum Gasteiger partial charge on any atom is -0.467 e. The third-order valence-electron chi connectivity index (χ3n) is 4.79. The van der Waals surface area contributed by atoms with Crippen molar-refractivity contribution in [3.63, 3.8) is 0 Å². The molecule has 24 heavy (non-hydrogen) atoms. The normalized spacial score (nSPS) is 27.1. The Bertz CT molecular complexity index is 659. The molecule has 1 N–H and O–H groups in total. The topological polar surface area (TPSA) is 67.6 Å². The van der Waals surface area contributed by atoms with Gasteiger partial charge in [0.05, 0.1) is 25.5 Å². The Morgan fingerprint density at radius 2 is 2.46 bits per heavy atom. The van der Waals surface area contributed by atoms with Crippen LogP contribution in [-0.2, 0) is 22.6 Å². The molecule has 0 radical (unpaired) electrons. The number of piperidine rings is 1. The molecule has 0 saturated carbocycles. The molecular weight excluding hydrogens is 326 g/mol. The Morgan fingerprint density at radius 3 is 3.25 bits per heavy atom. The van der Waals surface area contributed by atoms with E-state index in [1.165, 1.54) is 0 Å². The number of furan rings is 1. The maximum absolute atomic E-state index is 12.3. The molecule has 0 unspecified atom stereocenters. The van der Waals surface area contributed by atoms with Gasteiger partial charge in [0.25, 0.3) is 0 Å². The van der Waals surface area contributed by atoms with Crippen LogP contribution in [0.25, 0.3) is 0 Å². The third kappa shape index (κ3) is 3.53. The second-order valence-electron chi connectivity index (χ2n) is 6.41. The van der Waals surface area contributed by atoms with Crippen molar-refractivity contribution in [2.75, 3.05) is 13.1 Å². The number of ether oxygens (including phenoxy) is 1. The van der Waals surface area contributed by atoms with Gasteiger partial charge in [-0.15, -0.1) is 11.3 Å². The van der Waals surface area contributed by atoms with Crippen LogP contribution in [0.4, 0.5) is 0 Å². The van der Waals surface area contributed by atoms with E-state index < -0.39 is 0 Å². The van der Waals surface area contributed by atoms with E-state index >= 15 is 0 Å². The van der Waals surface area contributed by atoms with Crippen molar-refractivity contribution in [1.29, 1.82) is 0 Å². The molecule has 128 valence electrons. The molecule has 2 aliphatic heterocycles. The van der Waals surface area contributed by atoms with Gasteiger partial charge < -0.3 is 14.5 Å². The van der Waals surface area contributed by atoms with Crippen LogP contribution in [0.1, 0.15) is 23.6 Å². The molecule has 2 saturated heterocycles. The summed E-state index contributed by atoms with van der Waals surface area (Å²) in [6.45, 7) is 3.22. The minimum absolute atomic E-state index is 0.0349. The second kappa shape index (κ2) is 7.04. The lowest BCUT2D eigenvalue weighted by Gasteiger charge is -2.33. The SMILES string of the molecule is O=C(NCc1ccco1)[C@@H]1C[C@H]2CCN(Cc3nccs3)C[C@@H]2O1. The highest BCUT2D eigenvalue weighted by Crippen LogP contribution is 2.33. The lowest BCUT2D eigenvalue weighted by atomic mass is 9.91. The van der Waals surface area contributed by atoms with Gasteiger partial charge in [-0.05, 0) is 37.4 Å². The van der Waals surface area contributed by atoms with Gasteiger partial charge in [-0.1, -0.05) is 0 Å². The summed E-state index contributed by atoms with van der Waals surface area (Å²) < 4.78 is 11.3. The Kier molecular flexibility index (Phi) is 4.64. The van der Waals surface area contributed by atoms with Gasteiger partial charge in [0.15, 0.2) is 0 Å². The lowest BCUT2D eigenvalue weighted by molar-refractivity contribution is -0.133. The zero-order valence-corrected chi connectivity index (χ0v) is 14.2. The molecule has 2 fully saturated rings. The molecule has 0 spiro atoms. The van der Waals surface area contributed by atoms with Gasteiger partial charge in [0.2, 0.25) is 5.91 Å². The van der Waals surface area contributed by atoms with Crippen molar-refractivity contribution in [1.82, 2.24) is 15.2 Å². The molecular formula is C17H21N3O3S. The summed E-state index contributed by atoms with van der Waals surface area (Å²) in [5.41, 5.74) is 0. The van der Waals surface area contributed by atoms with Crippen LogP contribution in [-0.4, -0.2) is 41.1 Å². The molecule has 0 aromatic carbocycles. The van der Waals surface area contributed by atoms with Gasteiger partial charge in [-0.25, -0.2) is 4.98 Å². The summed E-state index contributed by atoms with van der Waals surface area (Å²) in [6, 6.07) is 3.67. The monoisotopic (exact) mass is 347 g/mol. The first-order valence-corrected chi connectivity index (χ1v) is 9.22. The largest absolute Gasteiger partial charge is 0.467 e. The maximum Gasteiger partial charge on any atom is 0.249 e. The highest BCUT2D eigenvalue weighted by atomic mass is 32.1. The van der Waals surface area contributed by atoms with Gasteiger partial charge in [0.1, 0.15) is 16.9 Å². The van der Waals surface area contributed by atoms with Crippen molar-refractivity contribution < 1.29 is 13.9 Å². The summed E-state index contributed by atoms with van der Waals surface area (Å²) in [4.78, 5) is 19.1. The molecule has 3 atom stereocenters. The summed E-state index contributed by atoms with van der Waals surface area (Å²) >= 11 is 1.69. The van der Waals surface area contributed by atoms with E-state index in [1.54, 1.807) is 17.6 Å². The number of hydrogen-bond acceptors (Lipinski definition) is 6. The van der Waals surface area contributed by atoms with Crippen molar-refractivity contribution >= 4 is 17.2 Å². The highest BCUT2D eigenvalue weighted by Gasteiger charge is 2.41. The molecule has 2 aromatic rings. The van der Waals surface area contributed by atoms with Gasteiger partial charge in [-0.3, -0.25) is 9.69 Å². The third-order valence-corrected chi connectivity index (χ3v) is 5.55. The van der Waals surface area contributed by atoms with E-state index in [2.05, 4.69) is 15.2 Å². The number of fused-ring (bicyclic) bond motifs is 1. The Morgan fingerprint density at radius 1 is 1.50 bits per heavy atom. The number of likely N-dealkylation sites (tertiary alicyclic amines) is 1. The average molecular weight is 347 g/mol. The molecule has 4 rings (SSSR count). The molecule has 1 amide bonds. The summed E-state index contributed by atoms with van der Waals surface area (Å²) in [7, 11) is 0. The van der Waals surface area contributed by atoms with Crippen LogP contribution in [0.3, 0.4) is 0 Å². The molecule has 2 aromatic heterocycles. The quantitative estimate of drug-likeness (QED) is 0.896. The summed E-state index contributed by atoms with van der Waals surface area (Å²) in [6.07, 6.45) is 5.17. The zero-order valence-electron chi connectivity index (χ0n) is 13.4. The number of thiazole rings is 1. The molecule has 0 aliphatic carbocycles. The zero-order chi connectivity index (χ0) is 16.4. The van der Waals surface area contributed by atoms with E-state index in [1.807, 2.05) is 23.7 Å². The van der Waals surface area contributed by atoms with Crippen LogP contribution < -0.4 is 5.32 Å². The fraction of sp³-hybridized carbons (Fsp3) is 0.529. The predicted molar refractivity (Wildman–Crippen MR) is 89.3 cm³/mol. The fourth-order valence-corrected chi connectivity index (χ4v) is 4.19. The van der Waals surface area contributed by atoms with Crippen LogP contribution >= 0.6 is 11.3 Å². The van der Waals surface area contributed by atoms with Crippen molar-refractivity contribution in [2.45, 2.75) is 38.1 Å². The molecule has 6 nitrogen and oxygen atoms in total. The Hall–Kier alpha value is -1.70. The minimum atomic E-state index is -0.338. The van der Waals surface area contributed by atoms with Crippen molar-refractivity contribution in [3.8, 4) is 0 Å². The van der Waals surface area contributed by atoms with E-state index in [0.717, 1.165) is 43.2 Å². The van der Waals surface area contributed by atoms with E-state index in [4.69, 9.17) is 9.15 Å². The van der Waals surface area contributed by atoms with E-state index in [0.29, 0.717) is 12.5 Å². The molecule has 7 heteroatoms. The van der Waals surface area contributed by atoms with Gasteiger partial charge >= 0.3 is 0 Å². The summed E-state index contributed by atoms with van der Waals surface area (Å²) in [5, 5.41) is 6.05. The van der Waals surface area contributed by atoms with Crippen molar-refractivity contribution in [3.05, 3.63) is 40.7 Å². The first-order valence-electron chi connectivity index (χ1n) is 8.34. The fourth-order valence-electron chi connectivity index (χ4n) is 3.53. The number of carbonyl (C=O) groups excluding carboxylic acids is 1. The molecule has 4 heterocycles. The van der Waals surface area contributed by atoms with Crippen LogP contribution in [0, 0.1) is 5.92 Å². The number of nitrogens with zero attached hydrogens (tertiary/aromatic N) is 2. The number of amides is 1. The van der Waals surface area contributed by atoms with Gasteiger partial charge in [-0.2, -0.15) is 0 Å². The number of aromatic nitrogens is 1. The second-order valence-corrected chi connectivity index (χ2v) is 7.38. The first kappa shape index (κ1) is 15.8. The van der Waals surface area contributed by atoms with Crippen molar-refractivity contribution in [2.24, 2.45) is 5.92 Å². The Balaban J connectivity index is 1.28. The Labute approximate surface area is 144 Å². The number of carbonyl (C=O) groups is 1. The van der Waals surface area contributed by atoms with Crippen LogP contribution in [0.2, 0.25) is 0 Å². The standard InChI is InChI=1S/C17H21N3O3S/c21-17(19-9-13-2-1-6-22-13)14-8-12-3-5-20(10-15(12)23-14)11-16-18-4-7-24-16/h1-2,4,6-7,12,14-15H,3,5,8-11H2,(H,19,21)/t12-,14+,15+/m1/s1. The number of nitrogens with one attached hydrogen (secondary N) is 1. The smallest absolute Gasteiger partial charge is 0.249 e. The maximum atomic E-state index is 12.3. The summed E-state index contributed by atoms with van der Waals surface area (Å²) in [5.74, 6) is 1.21. The first-order chi connectivity index (χ1) is 11.8. The molecule has 2 aliphatic rings. The van der Waals surface area contributed by atoms with Gasteiger partial charge in [0, 0.05) is 18.1 Å². The van der Waals surface area contributed by atoms with E-state index in [9.17, 15) is 4.79 Å². The number of hydrogen-bond donors (Lipinski definition) is 1. The van der Waals surface area contributed by atoms with Crippen LogP contribution in [0.15, 0.2) is 34.4 Å². The average Bonchev–Trinajstić information content (AvgIpc) is 3.33. The lowest BCUT2D eigenvalue weighted by Crippen LogP contribution is -2.42. The predicted octanol–water partition coefficient (Wildman–Crippen LogP) is 2.03. The van der Waals surface area contributed by atoms with Crippen LogP contribution in [0.5, 0.6) is 0 Å². The highest BCUT2D eigenvalue weighted by molar-refractivity contribution is 7.09.